The maximum absolute atomic E-state index is 9.04. The molecule has 2 N–H and O–H groups in total. The minimum absolute atomic E-state index is 0.251. The minimum Gasteiger partial charge on any atom is -0.486 e. The molecule has 6 heteroatoms. The molecule has 1 saturated heterocycles. The Morgan fingerprint density at radius 2 is 2.18 bits per heavy atom. The van der Waals surface area contributed by atoms with E-state index in [2.05, 4.69) is 15.2 Å². The summed E-state index contributed by atoms with van der Waals surface area (Å²) >= 11 is 0. The van der Waals surface area contributed by atoms with Gasteiger partial charge in [-0.2, -0.15) is 0 Å². The van der Waals surface area contributed by atoms with Crippen LogP contribution in [0.2, 0.25) is 0 Å². The highest BCUT2D eigenvalue weighted by Crippen LogP contribution is 2.29. The van der Waals surface area contributed by atoms with Crippen LogP contribution < -0.4 is 14.8 Å². The highest BCUT2D eigenvalue weighted by molar-refractivity contribution is 5.39. The van der Waals surface area contributed by atoms with E-state index in [1.54, 1.807) is 6.20 Å². The maximum Gasteiger partial charge on any atom is 0.179 e. The fourth-order valence-electron chi connectivity index (χ4n) is 3.15. The van der Waals surface area contributed by atoms with Crippen LogP contribution in [-0.2, 0) is 6.54 Å². The second-order valence-electron chi connectivity index (χ2n) is 5.98. The summed E-state index contributed by atoms with van der Waals surface area (Å²) in [4.78, 5) is 6.75. The van der Waals surface area contributed by atoms with E-state index in [1.165, 1.54) is 12.8 Å². The van der Waals surface area contributed by atoms with Crippen LogP contribution in [0.1, 0.15) is 18.5 Å². The van der Waals surface area contributed by atoms with Crippen LogP contribution in [0.25, 0.3) is 0 Å². The van der Waals surface area contributed by atoms with Gasteiger partial charge in [-0.25, -0.2) is 0 Å². The second-order valence-corrected chi connectivity index (χ2v) is 5.98. The first-order valence-electron chi connectivity index (χ1n) is 8.13. The highest BCUT2D eigenvalue weighted by Gasteiger charge is 2.19. The first-order chi connectivity index (χ1) is 10.8. The Labute approximate surface area is 131 Å². The Morgan fingerprint density at radius 3 is 3.05 bits per heavy atom. The average molecular weight is 307 g/mol. The Bertz CT molecular complexity index is 482. The fourth-order valence-corrected chi connectivity index (χ4v) is 3.15. The first kappa shape index (κ1) is 15.5. The van der Waals surface area contributed by atoms with Gasteiger partial charge in [0.2, 0.25) is 0 Å². The Balaban J connectivity index is 1.44. The van der Waals surface area contributed by atoms with Crippen molar-refractivity contribution in [3.05, 3.63) is 18.0 Å². The van der Waals surface area contributed by atoms with Crippen molar-refractivity contribution in [1.29, 1.82) is 0 Å². The number of ether oxygens (including phenoxy) is 2. The number of likely N-dealkylation sites (tertiary alicyclic amines) is 1. The van der Waals surface area contributed by atoms with E-state index >= 15 is 0 Å². The third-order valence-electron chi connectivity index (χ3n) is 4.25. The predicted molar refractivity (Wildman–Crippen MR) is 83.2 cm³/mol. The van der Waals surface area contributed by atoms with Crippen LogP contribution in [0.3, 0.4) is 0 Å². The average Bonchev–Trinajstić information content (AvgIpc) is 2.55. The summed E-state index contributed by atoms with van der Waals surface area (Å²) < 4.78 is 11.1. The van der Waals surface area contributed by atoms with Crippen LogP contribution in [0.5, 0.6) is 11.5 Å². The van der Waals surface area contributed by atoms with Crippen molar-refractivity contribution in [2.45, 2.75) is 19.4 Å². The van der Waals surface area contributed by atoms with Crippen LogP contribution in [0.4, 0.5) is 0 Å². The van der Waals surface area contributed by atoms with Crippen LogP contribution >= 0.6 is 0 Å². The molecule has 2 aliphatic heterocycles. The molecule has 0 radical (unpaired) electrons. The molecular formula is C16H25N3O3. The van der Waals surface area contributed by atoms with Gasteiger partial charge in [0, 0.05) is 25.7 Å². The molecule has 1 fully saturated rings. The van der Waals surface area contributed by atoms with Crippen molar-refractivity contribution < 1.29 is 14.6 Å². The predicted octanol–water partition coefficient (Wildman–Crippen LogP) is 0.647. The lowest BCUT2D eigenvalue weighted by atomic mass is 9.98. The molecule has 0 amide bonds. The van der Waals surface area contributed by atoms with Gasteiger partial charge in [0.05, 0.1) is 18.5 Å². The monoisotopic (exact) mass is 307 g/mol. The smallest absolute Gasteiger partial charge is 0.179 e. The third kappa shape index (κ3) is 4.09. The van der Waals surface area contributed by atoms with Crippen molar-refractivity contribution in [3.8, 4) is 11.5 Å². The lowest BCUT2D eigenvalue weighted by molar-refractivity contribution is 0.139. The molecule has 1 aromatic rings. The number of fused-ring (bicyclic) bond motifs is 1. The number of aliphatic hydroxyl groups excluding tert-OH is 1. The van der Waals surface area contributed by atoms with Crippen molar-refractivity contribution in [1.82, 2.24) is 15.2 Å². The van der Waals surface area contributed by atoms with Gasteiger partial charge in [-0.1, -0.05) is 0 Å². The summed E-state index contributed by atoms with van der Waals surface area (Å²) in [5.74, 6) is 2.18. The van der Waals surface area contributed by atoms with Gasteiger partial charge in [0.15, 0.2) is 11.5 Å². The Kier molecular flexibility index (Phi) is 5.48. The SMILES string of the molecule is OCCN1CCCC(CNCc2cc3c(cn2)OCCO3)C1. The number of piperidine rings is 1. The van der Waals surface area contributed by atoms with Gasteiger partial charge < -0.3 is 24.8 Å². The lowest BCUT2D eigenvalue weighted by Crippen LogP contribution is -2.40. The third-order valence-corrected chi connectivity index (χ3v) is 4.25. The molecule has 3 rings (SSSR count). The van der Waals surface area contributed by atoms with Gasteiger partial charge in [-0.15, -0.1) is 0 Å². The van der Waals surface area contributed by atoms with E-state index in [4.69, 9.17) is 14.6 Å². The summed E-state index contributed by atoms with van der Waals surface area (Å²) in [6.07, 6.45) is 4.22. The molecule has 0 saturated carbocycles. The summed E-state index contributed by atoms with van der Waals surface area (Å²) in [7, 11) is 0. The highest BCUT2D eigenvalue weighted by atomic mass is 16.6. The number of aliphatic hydroxyl groups is 1. The molecule has 0 bridgehead atoms. The fraction of sp³-hybridized carbons (Fsp3) is 0.688. The number of β-amino-alcohol motifs (C(OH)–C–C–N with tert-alkyl or cyclic N) is 1. The largest absolute Gasteiger partial charge is 0.486 e. The standard InChI is InChI=1S/C16H25N3O3/c20-5-4-19-3-1-2-13(12-19)9-17-10-14-8-15-16(11-18-14)22-7-6-21-15/h8,11,13,17,20H,1-7,9-10,12H2. The van der Waals surface area contributed by atoms with Crippen molar-refractivity contribution in [2.24, 2.45) is 5.92 Å². The number of rotatable bonds is 6. The zero-order valence-electron chi connectivity index (χ0n) is 13.0. The van der Waals surface area contributed by atoms with E-state index in [-0.39, 0.29) is 6.61 Å². The molecular weight excluding hydrogens is 282 g/mol. The Morgan fingerprint density at radius 1 is 1.32 bits per heavy atom. The molecule has 2 aliphatic rings. The number of hydrogen-bond acceptors (Lipinski definition) is 6. The van der Waals surface area contributed by atoms with Gasteiger partial charge in [-0.05, 0) is 31.8 Å². The summed E-state index contributed by atoms with van der Waals surface area (Å²) in [5, 5.41) is 12.5. The van der Waals surface area contributed by atoms with E-state index in [0.29, 0.717) is 19.1 Å². The van der Waals surface area contributed by atoms with E-state index < -0.39 is 0 Å². The zero-order chi connectivity index (χ0) is 15.2. The van der Waals surface area contributed by atoms with Gasteiger partial charge in [-0.3, -0.25) is 4.98 Å². The molecule has 0 spiro atoms. The Hall–Kier alpha value is -1.37. The van der Waals surface area contributed by atoms with Gasteiger partial charge in [0.1, 0.15) is 13.2 Å². The number of nitrogens with zero attached hydrogens (tertiary/aromatic N) is 2. The van der Waals surface area contributed by atoms with Crippen LogP contribution in [0, 0.1) is 5.92 Å². The number of pyridine rings is 1. The first-order valence-corrected chi connectivity index (χ1v) is 8.13. The van der Waals surface area contributed by atoms with E-state index in [9.17, 15) is 0 Å². The van der Waals surface area contributed by atoms with Crippen molar-refractivity contribution >= 4 is 0 Å². The lowest BCUT2D eigenvalue weighted by Gasteiger charge is -2.32. The normalized spacial score (nSPS) is 21.8. The van der Waals surface area contributed by atoms with Crippen LogP contribution in [0.15, 0.2) is 12.3 Å². The molecule has 1 unspecified atom stereocenters. The molecule has 0 aliphatic carbocycles. The van der Waals surface area contributed by atoms with Gasteiger partial charge in [0.25, 0.3) is 0 Å². The zero-order valence-corrected chi connectivity index (χ0v) is 13.0. The second kappa shape index (κ2) is 7.76. The minimum atomic E-state index is 0.251. The van der Waals surface area contributed by atoms with E-state index in [0.717, 1.165) is 49.9 Å². The number of nitrogens with one attached hydrogen (secondary N) is 1. The topological polar surface area (TPSA) is 66.9 Å². The molecule has 3 heterocycles. The molecule has 22 heavy (non-hydrogen) atoms. The quantitative estimate of drug-likeness (QED) is 0.804. The van der Waals surface area contributed by atoms with Crippen LogP contribution in [-0.4, -0.2) is 61.0 Å². The molecule has 122 valence electrons. The molecule has 6 nitrogen and oxygen atoms in total. The van der Waals surface area contributed by atoms with Crippen molar-refractivity contribution in [3.63, 3.8) is 0 Å². The number of hydrogen-bond donors (Lipinski definition) is 2. The molecule has 1 atom stereocenters. The van der Waals surface area contributed by atoms with Crippen molar-refractivity contribution in [2.75, 3.05) is 46.0 Å². The van der Waals surface area contributed by atoms with E-state index in [1.807, 2.05) is 6.07 Å². The summed E-state index contributed by atoms with van der Waals surface area (Å²) in [5.41, 5.74) is 0.979. The summed E-state index contributed by atoms with van der Waals surface area (Å²) in [6.45, 7) is 6.15. The summed E-state index contributed by atoms with van der Waals surface area (Å²) in [6, 6.07) is 1.96. The molecule has 1 aromatic heterocycles. The molecule has 0 aromatic carbocycles. The maximum atomic E-state index is 9.04. The number of aromatic nitrogens is 1. The van der Waals surface area contributed by atoms with Gasteiger partial charge >= 0.3 is 0 Å².